The van der Waals surface area contributed by atoms with Crippen LogP contribution < -0.4 is 5.32 Å². The van der Waals surface area contributed by atoms with Crippen molar-refractivity contribution in [3.63, 3.8) is 0 Å². The molecule has 3 aliphatic heterocycles. The Morgan fingerprint density at radius 1 is 0.319 bits per heavy atom. The third-order valence-corrected chi connectivity index (χ3v) is 24.4. The second-order valence-corrected chi connectivity index (χ2v) is 34.9. The van der Waals surface area contributed by atoms with Gasteiger partial charge in [0, 0.05) is 6.42 Å². The number of rotatable bonds is 81. The molecule has 3 rings (SSSR count). The van der Waals surface area contributed by atoms with Gasteiger partial charge in [0.2, 0.25) is 5.91 Å². The maximum absolute atomic E-state index is 13.6. The lowest BCUT2D eigenvalue weighted by atomic mass is 9.96. The largest absolute Gasteiger partial charge is 0.394 e. The van der Waals surface area contributed by atoms with Crippen molar-refractivity contribution in [2.45, 2.75) is 535 Å². The van der Waals surface area contributed by atoms with Gasteiger partial charge in [-0.2, -0.15) is 0 Å². The lowest BCUT2D eigenvalue weighted by Gasteiger charge is -2.48. The zero-order chi connectivity index (χ0) is 83.8. The molecule has 0 radical (unpaired) electrons. The third kappa shape index (κ3) is 53.7. The number of aliphatic hydroxyl groups excluding tert-OH is 11. The predicted molar refractivity (Wildman–Crippen MR) is 471 cm³/mol. The van der Waals surface area contributed by atoms with Crippen LogP contribution in [0.15, 0.2) is 48.6 Å². The maximum atomic E-state index is 13.6. The highest BCUT2D eigenvalue weighted by Crippen LogP contribution is 2.34. The Balaban J connectivity index is 1.28. The molecule has 0 spiro atoms. The van der Waals surface area contributed by atoms with Crippen molar-refractivity contribution in [1.29, 1.82) is 0 Å². The summed E-state index contributed by atoms with van der Waals surface area (Å²) in [6, 6.07) is -0.888. The summed E-state index contributed by atoms with van der Waals surface area (Å²) in [7, 11) is 0. The van der Waals surface area contributed by atoms with E-state index in [1.807, 2.05) is 0 Å². The maximum Gasteiger partial charge on any atom is 0.220 e. The smallest absolute Gasteiger partial charge is 0.220 e. The molecule has 3 fully saturated rings. The SMILES string of the molecule is CC/C=C\C/C=C\C/C=C\C/C=C\CCCCCCCCCCCCCCCCCCCCCCCCCCCCC(=O)NC(COC1OC(CO)C(OC2OC(CO)C(OC3OC(CO)C(O)C(O)C3O)C(O)C2O)C(O)C1O)C(O)CCCCCCCCCCCCCCCCCCCCCCCCCCCCCCCCCC. The Morgan fingerprint density at radius 3 is 0.931 bits per heavy atom. The molecule has 0 aromatic carbocycles. The molecule has 19 heteroatoms. The van der Waals surface area contributed by atoms with Crippen molar-refractivity contribution < 1.29 is 89.4 Å². The van der Waals surface area contributed by atoms with Gasteiger partial charge in [-0.25, -0.2) is 0 Å². The first-order chi connectivity index (χ1) is 56.8. The number of aliphatic hydroxyl groups is 11. The number of carbonyl (C=O) groups is 1. The number of nitrogens with one attached hydrogen (secondary N) is 1. The molecule has 3 aliphatic rings. The standard InChI is InChI=1S/C97H181NO18/c1-3-5-7-9-11-13-15-17-19-21-23-25-27-29-31-33-35-37-38-39-40-41-42-43-45-47-49-51-53-55-57-59-61-63-65-67-69-71-73-75-85(103)98-80(81(102)74-72-70-68-66-64-62-60-58-56-54-52-50-48-46-44-36-34-32-30-28-26-24-22-20-18-16-14-12-10-8-6-4-2)79-111-95-91(109)88(106)93(83(77-100)113-95)116-97-92(110)89(107)94(84(78-101)114-97)115-96-90(108)87(105)86(104)82(76-99)112-96/h5,7,11,13,17,19,23,25,80-84,86-97,99-102,104-110H,3-4,6,8-10,12,14-16,18,20-22,24,26-79H2,1-2H3,(H,98,103)/b7-5-,13-11-,19-17-,25-23-. The lowest BCUT2D eigenvalue weighted by Crippen LogP contribution is -2.66. The van der Waals surface area contributed by atoms with Crippen LogP contribution in [0.1, 0.15) is 431 Å². The van der Waals surface area contributed by atoms with E-state index < -0.39 is 124 Å². The van der Waals surface area contributed by atoms with Crippen LogP contribution in [0.5, 0.6) is 0 Å². The van der Waals surface area contributed by atoms with E-state index in [1.54, 1.807) is 0 Å². The van der Waals surface area contributed by atoms with Crippen LogP contribution in [-0.2, 0) is 33.2 Å². The first-order valence-electron chi connectivity index (χ1n) is 48.9. The van der Waals surface area contributed by atoms with Crippen molar-refractivity contribution in [2.75, 3.05) is 26.4 Å². The van der Waals surface area contributed by atoms with E-state index in [4.69, 9.17) is 28.4 Å². The van der Waals surface area contributed by atoms with Crippen LogP contribution in [-0.4, -0.2) is 193 Å². The Morgan fingerprint density at radius 2 is 0.595 bits per heavy atom. The van der Waals surface area contributed by atoms with Gasteiger partial charge in [-0.1, -0.05) is 422 Å². The highest BCUT2D eigenvalue weighted by Gasteiger charge is 2.54. The molecule has 3 saturated heterocycles. The number of hydrogen-bond acceptors (Lipinski definition) is 18. The van der Waals surface area contributed by atoms with Crippen molar-refractivity contribution >= 4 is 5.91 Å². The Labute approximate surface area is 707 Å². The minimum absolute atomic E-state index is 0.233. The summed E-state index contributed by atoms with van der Waals surface area (Å²) in [5, 5.41) is 122. The van der Waals surface area contributed by atoms with Crippen molar-refractivity contribution in [3.05, 3.63) is 48.6 Å². The van der Waals surface area contributed by atoms with Crippen LogP contribution in [0.3, 0.4) is 0 Å². The normalized spacial score (nSPS) is 24.6. The minimum Gasteiger partial charge on any atom is -0.394 e. The van der Waals surface area contributed by atoms with E-state index in [0.717, 1.165) is 70.6 Å². The molecular weight excluding hydrogens is 1470 g/mol. The van der Waals surface area contributed by atoms with Gasteiger partial charge in [0.05, 0.1) is 38.6 Å². The number of unbranched alkanes of at least 4 members (excludes halogenated alkanes) is 57. The van der Waals surface area contributed by atoms with Crippen LogP contribution in [0, 0.1) is 0 Å². The Hall–Kier alpha value is -2.25. The average Bonchev–Trinajstić information content (AvgIpc) is 0.779. The molecular formula is C97H181NO18. The van der Waals surface area contributed by atoms with Gasteiger partial charge in [-0.3, -0.25) is 4.79 Å². The predicted octanol–water partition coefficient (Wildman–Crippen LogP) is 19.9. The van der Waals surface area contributed by atoms with Gasteiger partial charge in [0.1, 0.15) is 73.2 Å². The fourth-order valence-corrected chi connectivity index (χ4v) is 16.7. The topological polar surface area (TPSA) is 307 Å². The zero-order valence-electron chi connectivity index (χ0n) is 74.0. The molecule has 0 saturated carbocycles. The molecule has 682 valence electrons. The van der Waals surface area contributed by atoms with Gasteiger partial charge in [0.15, 0.2) is 18.9 Å². The van der Waals surface area contributed by atoms with Gasteiger partial charge in [-0.05, 0) is 51.4 Å². The number of hydrogen-bond donors (Lipinski definition) is 12. The summed E-state index contributed by atoms with van der Waals surface area (Å²) < 4.78 is 34.7. The van der Waals surface area contributed by atoms with Crippen LogP contribution in [0.2, 0.25) is 0 Å². The van der Waals surface area contributed by atoms with Crippen molar-refractivity contribution in [1.82, 2.24) is 5.32 Å². The molecule has 3 heterocycles. The van der Waals surface area contributed by atoms with Gasteiger partial charge >= 0.3 is 0 Å². The van der Waals surface area contributed by atoms with Crippen molar-refractivity contribution in [3.8, 4) is 0 Å². The summed E-state index contributed by atoms with van der Waals surface area (Å²) in [5.74, 6) is -0.233. The highest BCUT2D eigenvalue weighted by atomic mass is 16.8. The summed E-state index contributed by atoms with van der Waals surface area (Å²) in [4.78, 5) is 13.6. The quantitative estimate of drug-likeness (QED) is 0.0199. The molecule has 0 bridgehead atoms. The van der Waals surface area contributed by atoms with E-state index >= 15 is 0 Å². The van der Waals surface area contributed by atoms with Crippen LogP contribution in [0.4, 0.5) is 0 Å². The Kier molecular flexibility index (Phi) is 71.1. The second-order valence-electron chi connectivity index (χ2n) is 34.9. The van der Waals surface area contributed by atoms with E-state index in [2.05, 4.69) is 67.8 Å². The van der Waals surface area contributed by atoms with E-state index in [1.165, 1.54) is 327 Å². The molecule has 17 atom stereocenters. The number of amides is 1. The third-order valence-electron chi connectivity index (χ3n) is 24.4. The van der Waals surface area contributed by atoms with Crippen LogP contribution >= 0.6 is 0 Å². The summed E-state index contributed by atoms with van der Waals surface area (Å²) in [5.41, 5.74) is 0. The van der Waals surface area contributed by atoms with E-state index in [0.29, 0.717) is 12.8 Å². The molecule has 0 aromatic rings. The van der Waals surface area contributed by atoms with Gasteiger partial charge in [-0.15, -0.1) is 0 Å². The van der Waals surface area contributed by atoms with E-state index in [9.17, 15) is 61.0 Å². The first-order valence-corrected chi connectivity index (χ1v) is 48.9. The Bertz CT molecular complexity index is 2280. The average molecular weight is 1650 g/mol. The lowest BCUT2D eigenvalue weighted by molar-refractivity contribution is -0.379. The molecule has 17 unspecified atom stereocenters. The number of ether oxygens (including phenoxy) is 6. The fourth-order valence-electron chi connectivity index (χ4n) is 16.7. The first kappa shape index (κ1) is 108. The van der Waals surface area contributed by atoms with Crippen LogP contribution in [0.25, 0.3) is 0 Å². The van der Waals surface area contributed by atoms with Gasteiger partial charge < -0.3 is 89.9 Å². The van der Waals surface area contributed by atoms with Crippen molar-refractivity contribution in [2.24, 2.45) is 0 Å². The number of carbonyl (C=O) groups excluding carboxylic acids is 1. The monoisotopic (exact) mass is 1650 g/mol. The molecule has 19 nitrogen and oxygen atoms in total. The second kappa shape index (κ2) is 76.4. The zero-order valence-corrected chi connectivity index (χ0v) is 74.0. The molecule has 12 N–H and O–H groups in total. The summed E-state index contributed by atoms with van der Waals surface area (Å²) in [6.45, 7) is 1.77. The molecule has 0 aliphatic carbocycles. The molecule has 0 aromatic heterocycles. The minimum atomic E-state index is -1.97. The summed E-state index contributed by atoms with van der Waals surface area (Å²) >= 11 is 0. The highest BCUT2D eigenvalue weighted by molar-refractivity contribution is 5.76. The molecule has 116 heavy (non-hydrogen) atoms. The molecule has 1 amide bonds. The number of allylic oxidation sites excluding steroid dienone is 8. The summed E-state index contributed by atoms with van der Waals surface area (Å²) in [6.07, 6.45) is 73.9. The van der Waals surface area contributed by atoms with E-state index in [-0.39, 0.29) is 18.9 Å². The fraction of sp³-hybridized carbons (Fsp3) is 0.907. The van der Waals surface area contributed by atoms with Gasteiger partial charge in [0.25, 0.3) is 0 Å².